The number of carboxylic acid groups (broad SMARTS) is 2. The van der Waals surface area contributed by atoms with Crippen molar-refractivity contribution < 1.29 is 39.0 Å². The second-order valence-electron chi connectivity index (χ2n) is 8.07. The normalized spacial score (nSPS) is 14.7. The zero-order valence-electron chi connectivity index (χ0n) is 18.6. The lowest BCUT2D eigenvalue weighted by atomic mass is 9.99. The molecule has 0 aliphatic rings. The van der Waals surface area contributed by atoms with Gasteiger partial charge in [0.15, 0.2) is 0 Å². The second kappa shape index (κ2) is 13.2. The number of carboxylic acids is 2. The zero-order valence-corrected chi connectivity index (χ0v) is 18.6. The van der Waals surface area contributed by atoms with Gasteiger partial charge >= 0.3 is 11.9 Å². The van der Waals surface area contributed by atoms with Crippen LogP contribution >= 0.6 is 0 Å². The van der Waals surface area contributed by atoms with E-state index in [1.165, 1.54) is 0 Å². The summed E-state index contributed by atoms with van der Waals surface area (Å²) in [5.74, 6) is -6.69. The molecule has 0 radical (unpaired) electrons. The van der Waals surface area contributed by atoms with Crippen molar-refractivity contribution in [2.75, 3.05) is 0 Å². The van der Waals surface area contributed by atoms with E-state index in [0.29, 0.717) is 0 Å². The van der Waals surface area contributed by atoms with Crippen LogP contribution in [0, 0.1) is 11.8 Å². The Bertz CT molecular complexity index is 725. The summed E-state index contributed by atoms with van der Waals surface area (Å²) in [6.07, 6.45) is -1.18. The molecule has 0 aromatic rings. The average Bonchev–Trinajstić information content (AvgIpc) is 2.65. The average molecular weight is 460 g/mol. The molecule has 0 aliphatic carbocycles. The molecule has 0 saturated carbocycles. The highest BCUT2D eigenvalue weighted by Gasteiger charge is 2.33. The van der Waals surface area contributed by atoms with E-state index in [1.807, 2.05) is 0 Å². The van der Waals surface area contributed by atoms with Crippen molar-refractivity contribution in [3.05, 3.63) is 0 Å². The van der Waals surface area contributed by atoms with Gasteiger partial charge in [-0.05, 0) is 18.3 Å². The van der Waals surface area contributed by atoms with E-state index in [4.69, 9.17) is 16.6 Å². The molecular formula is C19H33N5O8. The SMILES string of the molecule is CC(C)C(NC(=O)C(NC(=O)C(CCC(N)=O)NC(=O)C(N)CC(=O)O)C(C)C)C(=O)O. The van der Waals surface area contributed by atoms with Crippen LogP contribution < -0.4 is 27.4 Å². The van der Waals surface area contributed by atoms with E-state index < -0.39 is 78.0 Å². The molecule has 13 nitrogen and oxygen atoms in total. The van der Waals surface area contributed by atoms with Crippen molar-refractivity contribution in [2.24, 2.45) is 23.3 Å². The van der Waals surface area contributed by atoms with Crippen LogP contribution in [0.25, 0.3) is 0 Å². The van der Waals surface area contributed by atoms with Gasteiger partial charge in [0, 0.05) is 6.42 Å². The third-order valence-corrected chi connectivity index (χ3v) is 4.52. The van der Waals surface area contributed by atoms with Gasteiger partial charge in [0.1, 0.15) is 18.1 Å². The van der Waals surface area contributed by atoms with Crippen LogP contribution in [0.3, 0.4) is 0 Å². The molecule has 9 N–H and O–H groups in total. The van der Waals surface area contributed by atoms with Crippen LogP contribution in [0.5, 0.6) is 0 Å². The van der Waals surface area contributed by atoms with Crippen LogP contribution in [0.15, 0.2) is 0 Å². The zero-order chi connectivity index (χ0) is 25.2. The van der Waals surface area contributed by atoms with E-state index in [9.17, 15) is 33.9 Å². The van der Waals surface area contributed by atoms with Crippen LogP contribution in [-0.2, 0) is 28.8 Å². The molecule has 4 unspecified atom stereocenters. The predicted octanol–water partition coefficient (Wildman–Crippen LogP) is -2.10. The molecule has 32 heavy (non-hydrogen) atoms. The Morgan fingerprint density at radius 3 is 1.69 bits per heavy atom. The monoisotopic (exact) mass is 459 g/mol. The maximum absolute atomic E-state index is 12.8. The number of aliphatic carboxylic acids is 2. The molecule has 0 heterocycles. The van der Waals surface area contributed by atoms with E-state index in [-0.39, 0.29) is 12.8 Å². The Kier molecular flexibility index (Phi) is 11.9. The number of carbonyl (C=O) groups is 6. The highest BCUT2D eigenvalue weighted by atomic mass is 16.4. The molecule has 0 bridgehead atoms. The quantitative estimate of drug-likeness (QED) is 0.151. The van der Waals surface area contributed by atoms with Gasteiger partial charge in [-0.3, -0.25) is 24.0 Å². The highest BCUT2D eigenvalue weighted by molar-refractivity contribution is 5.95. The fourth-order valence-electron chi connectivity index (χ4n) is 2.66. The highest BCUT2D eigenvalue weighted by Crippen LogP contribution is 2.08. The summed E-state index contributed by atoms with van der Waals surface area (Å²) in [7, 11) is 0. The molecule has 0 aliphatic heterocycles. The van der Waals surface area contributed by atoms with Crippen molar-refractivity contribution in [3.63, 3.8) is 0 Å². The lowest BCUT2D eigenvalue weighted by molar-refractivity contribution is -0.143. The number of rotatable bonds is 14. The molecule has 0 fully saturated rings. The maximum Gasteiger partial charge on any atom is 0.326 e. The molecule has 4 amide bonds. The molecule has 4 atom stereocenters. The summed E-state index contributed by atoms with van der Waals surface area (Å²) in [6, 6.07) is -5.10. The van der Waals surface area contributed by atoms with Crippen LogP contribution in [0.4, 0.5) is 0 Å². The fraction of sp³-hybridized carbons (Fsp3) is 0.684. The van der Waals surface area contributed by atoms with Crippen molar-refractivity contribution in [2.45, 2.75) is 71.1 Å². The number of carbonyl (C=O) groups excluding carboxylic acids is 4. The number of hydrogen-bond donors (Lipinski definition) is 7. The Hall–Kier alpha value is -3.22. The van der Waals surface area contributed by atoms with E-state index in [1.54, 1.807) is 27.7 Å². The van der Waals surface area contributed by atoms with Crippen LogP contribution in [-0.4, -0.2) is 69.9 Å². The first-order valence-electron chi connectivity index (χ1n) is 10.1. The van der Waals surface area contributed by atoms with Gasteiger partial charge in [-0.25, -0.2) is 4.79 Å². The molecule has 0 aromatic carbocycles. The minimum atomic E-state index is -1.44. The summed E-state index contributed by atoms with van der Waals surface area (Å²) in [5.41, 5.74) is 10.6. The summed E-state index contributed by atoms with van der Waals surface area (Å²) in [4.78, 5) is 70.8. The van der Waals surface area contributed by atoms with E-state index >= 15 is 0 Å². The first-order chi connectivity index (χ1) is 14.7. The topological polar surface area (TPSA) is 231 Å². The summed E-state index contributed by atoms with van der Waals surface area (Å²) in [6.45, 7) is 6.46. The van der Waals surface area contributed by atoms with Crippen molar-refractivity contribution in [1.82, 2.24) is 16.0 Å². The van der Waals surface area contributed by atoms with Crippen molar-refractivity contribution >= 4 is 35.6 Å². The number of amides is 4. The Morgan fingerprint density at radius 1 is 0.781 bits per heavy atom. The third-order valence-electron chi connectivity index (χ3n) is 4.52. The number of hydrogen-bond acceptors (Lipinski definition) is 7. The molecule has 0 rings (SSSR count). The summed E-state index contributed by atoms with van der Waals surface area (Å²) >= 11 is 0. The third kappa shape index (κ3) is 10.2. The first-order valence-corrected chi connectivity index (χ1v) is 10.1. The standard InChI is InChI=1S/C19H33N5O8/c1-8(2)14(18(30)24-15(9(3)4)19(31)32)23-17(29)11(5-6-12(21)25)22-16(28)10(20)7-13(26)27/h8-11,14-15H,5-7,20H2,1-4H3,(H2,21,25)(H,22,28)(H,23,29)(H,24,30)(H,26,27)(H,31,32). The maximum atomic E-state index is 12.8. The van der Waals surface area contributed by atoms with E-state index in [0.717, 1.165) is 0 Å². The van der Waals surface area contributed by atoms with Gasteiger partial charge in [-0.2, -0.15) is 0 Å². The Balaban J connectivity index is 5.49. The van der Waals surface area contributed by atoms with Crippen LogP contribution in [0.1, 0.15) is 47.0 Å². The smallest absolute Gasteiger partial charge is 0.326 e. The van der Waals surface area contributed by atoms with Gasteiger partial charge in [0.25, 0.3) is 0 Å². The Labute approximate surface area is 185 Å². The molecular weight excluding hydrogens is 426 g/mol. The van der Waals surface area contributed by atoms with Gasteiger partial charge in [-0.15, -0.1) is 0 Å². The summed E-state index contributed by atoms with van der Waals surface area (Å²) in [5, 5.41) is 25.1. The van der Waals surface area contributed by atoms with Crippen molar-refractivity contribution in [1.29, 1.82) is 0 Å². The summed E-state index contributed by atoms with van der Waals surface area (Å²) < 4.78 is 0. The largest absolute Gasteiger partial charge is 0.481 e. The van der Waals surface area contributed by atoms with E-state index in [2.05, 4.69) is 16.0 Å². The molecule has 13 heteroatoms. The van der Waals surface area contributed by atoms with Crippen molar-refractivity contribution in [3.8, 4) is 0 Å². The van der Waals surface area contributed by atoms with Crippen LogP contribution in [0.2, 0.25) is 0 Å². The molecule has 0 spiro atoms. The Morgan fingerprint density at radius 2 is 1.28 bits per heavy atom. The lowest BCUT2D eigenvalue weighted by Crippen LogP contribution is -2.59. The predicted molar refractivity (Wildman–Crippen MR) is 112 cm³/mol. The lowest BCUT2D eigenvalue weighted by Gasteiger charge is -2.27. The minimum Gasteiger partial charge on any atom is -0.481 e. The number of nitrogens with one attached hydrogen (secondary N) is 3. The molecule has 0 saturated heterocycles. The second-order valence-corrected chi connectivity index (χ2v) is 8.07. The van der Waals surface area contributed by atoms with Gasteiger partial charge in [-0.1, -0.05) is 27.7 Å². The minimum absolute atomic E-state index is 0.219. The van der Waals surface area contributed by atoms with Gasteiger partial charge in [0.05, 0.1) is 12.5 Å². The first kappa shape index (κ1) is 28.8. The van der Waals surface area contributed by atoms with Gasteiger partial charge < -0.3 is 37.6 Å². The molecule has 0 aromatic heterocycles. The fourth-order valence-corrected chi connectivity index (χ4v) is 2.66. The number of primary amides is 1. The number of nitrogens with two attached hydrogens (primary N) is 2. The molecule has 182 valence electrons. The van der Waals surface area contributed by atoms with Gasteiger partial charge in [0.2, 0.25) is 23.6 Å².